The predicted octanol–water partition coefficient (Wildman–Crippen LogP) is 5.69. The number of ketones is 1. The zero-order valence-electron chi connectivity index (χ0n) is 18.7. The number of carbonyl (C=O) groups is 2. The highest BCUT2D eigenvalue weighted by Gasteiger charge is 2.47. The van der Waals surface area contributed by atoms with E-state index in [-0.39, 0.29) is 17.0 Å². The minimum Gasteiger partial charge on any atom is -0.507 e. The van der Waals surface area contributed by atoms with Crippen LogP contribution < -0.4 is 9.64 Å². The first-order chi connectivity index (χ1) is 16.3. The van der Waals surface area contributed by atoms with E-state index in [2.05, 4.69) is 0 Å². The number of aliphatic hydroxyl groups excluding tert-OH is 1. The summed E-state index contributed by atoms with van der Waals surface area (Å²) in [6.45, 7) is 4.34. The maximum Gasteiger partial charge on any atom is 0.300 e. The Balaban J connectivity index is 1.88. The predicted molar refractivity (Wildman–Crippen MR) is 125 cm³/mol. The number of hydrogen-bond acceptors (Lipinski definition) is 4. The highest BCUT2D eigenvalue weighted by atomic mass is 19.1. The quantitative estimate of drug-likeness (QED) is 0.290. The molecule has 0 saturated carbocycles. The van der Waals surface area contributed by atoms with Gasteiger partial charge >= 0.3 is 0 Å². The minimum absolute atomic E-state index is 0.148. The number of hydrogen-bond donors (Lipinski definition) is 1. The second kappa shape index (κ2) is 9.47. The van der Waals surface area contributed by atoms with E-state index in [1.54, 1.807) is 18.2 Å². The molecular weight excluding hydrogens is 440 g/mol. The normalized spacial score (nSPS) is 17.3. The van der Waals surface area contributed by atoms with Gasteiger partial charge in [-0.05, 0) is 73.0 Å². The summed E-state index contributed by atoms with van der Waals surface area (Å²) in [5, 5.41) is 11.2. The van der Waals surface area contributed by atoms with Gasteiger partial charge in [0.2, 0.25) is 0 Å². The molecule has 0 aliphatic carbocycles. The fourth-order valence-electron chi connectivity index (χ4n) is 4.01. The van der Waals surface area contributed by atoms with E-state index in [1.807, 2.05) is 13.8 Å². The Labute approximate surface area is 195 Å². The Morgan fingerprint density at radius 2 is 1.74 bits per heavy atom. The van der Waals surface area contributed by atoms with Crippen molar-refractivity contribution in [2.45, 2.75) is 26.3 Å². The van der Waals surface area contributed by atoms with Crippen LogP contribution in [0.3, 0.4) is 0 Å². The molecule has 0 aromatic heterocycles. The second-order valence-corrected chi connectivity index (χ2v) is 8.03. The number of aliphatic hydroxyl groups is 1. The van der Waals surface area contributed by atoms with Crippen LogP contribution in [-0.2, 0) is 9.59 Å². The van der Waals surface area contributed by atoms with Crippen LogP contribution in [0.1, 0.15) is 36.1 Å². The van der Waals surface area contributed by atoms with Crippen LogP contribution in [0.4, 0.5) is 14.5 Å². The SMILES string of the molecule is CCCOc1ccc(/C(O)=C2\C(=O)C(=O)N(c3cccc(F)c3)C2c2ccc(F)cc2)cc1C. The maximum absolute atomic E-state index is 14.0. The molecule has 0 spiro atoms. The lowest BCUT2D eigenvalue weighted by molar-refractivity contribution is -0.132. The van der Waals surface area contributed by atoms with Gasteiger partial charge < -0.3 is 9.84 Å². The summed E-state index contributed by atoms with van der Waals surface area (Å²) in [7, 11) is 0. The third kappa shape index (κ3) is 4.29. The Bertz CT molecular complexity index is 1280. The number of nitrogens with zero attached hydrogens (tertiary/aromatic N) is 1. The minimum atomic E-state index is -1.07. The number of benzene rings is 3. The number of anilines is 1. The molecule has 1 aliphatic heterocycles. The number of rotatable bonds is 6. The Hall–Kier alpha value is -4.00. The number of Topliss-reactive ketones (excluding diaryl/α,β-unsaturated/α-hetero) is 1. The smallest absolute Gasteiger partial charge is 0.300 e. The molecule has 1 N–H and O–H groups in total. The molecule has 4 rings (SSSR count). The summed E-state index contributed by atoms with van der Waals surface area (Å²) in [6, 6.07) is 14.4. The first kappa shape index (κ1) is 23.2. The van der Waals surface area contributed by atoms with Gasteiger partial charge in [0.1, 0.15) is 23.1 Å². The molecule has 1 unspecified atom stereocenters. The van der Waals surface area contributed by atoms with Crippen LogP contribution in [0.2, 0.25) is 0 Å². The van der Waals surface area contributed by atoms with E-state index in [1.165, 1.54) is 42.5 Å². The van der Waals surface area contributed by atoms with Crippen molar-refractivity contribution in [2.24, 2.45) is 0 Å². The van der Waals surface area contributed by atoms with Gasteiger partial charge in [-0.1, -0.05) is 25.1 Å². The zero-order valence-corrected chi connectivity index (χ0v) is 18.7. The van der Waals surface area contributed by atoms with Crippen molar-refractivity contribution in [1.82, 2.24) is 0 Å². The maximum atomic E-state index is 14.0. The van der Waals surface area contributed by atoms with Gasteiger partial charge in [-0.15, -0.1) is 0 Å². The monoisotopic (exact) mass is 463 g/mol. The largest absolute Gasteiger partial charge is 0.507 e. The molecule has 3 aromatic carbocycles. The molecule has 1 amide bonds. The summed E-state index contributed by atoms with van der Waals surface area (Å²) < 4.78 is 33.3. The zero-order chi connectivity index (χ0) is 24.4. The highest BCUT2D eigenvalue weighted by molar-refractivity contribution is 6.51. The summed E-state index contributed by atoms with van der Waals surface area (Å²) >= 11 is 0. The van der Waals surface area contributed by atoms with Crippen molar-refractivity contribution < 1.29 is 28.2 Å². The van der Waals surface area contributed by atoms with Crippen molar-refractivity contribution in [2.75, 3.05) is 11.5 Å². The Morgan fingerprint density at radius 1 is 1.00 bits per heavy atom. The number of aryl methyl sites for hydroxylation is 1. The molecule has 1 fully saturated rings. The highest BCUT2D eigenvalue weighted by Crippen LogP contribution is 2.42. The molecule has 1 saturated heterocycles. The molecular formula is C27H23F2NO4. The molecule has 1 heterocycles. The second-order valence-electron chi connectivity index (χ2n) is 8.03. The van der Waals surface area contributed by atoms with E-state index in [9.17, 15) is 23.5 Å². The summed E-state index contributed by atoms with van der Waals surface area (Å²) in [5.74, 6) is -2.65. The number of amides is 1. The fraction of sp³-hybridized carbons (Fsp3) is 0.185. The molecule has 1 atom stereocenters. The number of ether oxygens (including phenoxy) is 1. The van der Waals surface area contributed by atoms with Crippen molar-refractivity contribution in [1.29, 1.82) is 0 Å². The molecule has 174 valence electrons. The van der Waals surface area contributed by atoms with Crippen LogP contribution in [0.25, 0.3) is 5.76 Å². The average molecular weight is 463 g/mol. The third-order valence-corrected chi connectivity index (χ3v) is 5.63. The first-order valence-corrected chi connectivity index (χ1v) is 10.9. The van der Waals surface area contributed by atoms with E-state index < -0.39 is 29.4 Å². The van der Waals surface area contributed by atoms with Crippen LogP contribution in [-0.4, -0.2) is 23.4 Å². The average Bonchev–Trinajstić information content (AvgIpc) is 3.08. The fourth-order valence-corrected chi connectivity index (χ4v) is 4.01. The third-order valence-electron chi connectivity index (χ3n) is 5.63. The van der Waals surface area contributed by atoms with Gasteiger partial charge in [0.15, 0.2) is 0 Å². The van der Waals surface area contributed by atoms with Gasteiger partial charge in [-0.25, -0.2) is 8.78 Å². The van der Waals surface area contributed by atoms with Crippen LogP contribution >= 0.6 is 0 Å². The van der Waals surface area contributed by atoms with Gasteiger partial charge in [-0.2, -0.15) is 0 Å². The Morgan fingerprint density at radius 3 is 2.38 bits per heavy atom. The standard InChI is InChI=1S/C27H23F2NO4/c1-3-13-34-22-12-9-18(14-16(22)2)25(31)23-24(17-7-10-19(28)11-8-17)30(27(33)26(23)32)21-6-4-5-20(29)15-21/h4-12,14-15,24,31H,3,13H2,1-2H3/b25-23+. The molecule has 34 heavy (non-hydrogen) atoms. The van der Waals surface area contributed by atoms with Gasteiger partial charge in [-0.3, -0.25) is 14.5 Å². The van der Waals surface area contributed by atoms with Gasteiger partial charge in [0.25, 0.3) is 11.7 Å². The topological polar surface area (TPSA) is 66.8 Å². The van der Waals surface area contributed by atoms with E-state index in [0.29, 0.717) is 23.5 Å². The molecule has 7 heteroatoms. The molecule has 0 radical (unpaired) electrons. The van der Waals surface area contributed by atoms with Crippen molar-refractivity contribution in [3.05, 3.63) is 101 Å². The molecule has 0 bridgehead atoms. The van der Waals surface area contributed by atoms with E-state index in [4.69, 9.17) is 4.74 Å². The van der Waals surface area contributed by atoms with Crippen LogP contribution in [0.15, 0.2) is 72.3 Å². The lowest BCUT2D eigenvalue weighted by Gasteiger charge is -2.25. The van der Waals surface area contributed by atoms with Crippen LogP contribution in [0.5, 0.6) is 5.75 Å². The van der Waals surface area contributed by atoms with Crippen molar-refractivity contribution in [3.8, 4) is 5.75 Å². The van der Waals surface area contributed by atoms with Crippen LogP contribution in [0, 0.1) is 18.6 Å². The summed E-state index contributed by atoms with van der Waals surface area (Å²) in [6.07, 6.45) is 0.836. The molecule has 3 aromatic rings. The summed E-state index contributed by atoms with van der Waals surface area (Å²) in [4.78, 5) is 27.3. The van der Waals surface area contributed by atoms with Gasteiger partial charge in [0.05, 0.1) is 18.2 Å². The summed E-state index contributed by atoms with van der Waals surface area (Å²) in [5.41, 5.74) is 1.45. The number of carbonyl (C=O) groups excluding carboxylic acids is 2. The van der Waals surface area contributed by atoms with E-state index in [0.717, 1.165) is 23.0 Å². The van der Waals surface area contributed by atoms with Gasteiger partial charge in [0, 0.05) is 11.3 Å². The van der Waals surface area contributed by atoms with Crippen molar-refractivity contribution >= 4 is 23.1 Å². The lowest BCUT2D eigenvalue weighted by atomic mass is 9.94. The molecule has 1 aliphatic rings. The lowest BCUT2D eigenvalue weighted by Crippen LogP contribution is -2.29. The molecule has 5 nitrogen and oxygen atoms in total. The van der Waals surface area contributed by atoms with Crippen molar-refractivity contribution in [3.63, 3.8) is 0 Å². The van der Waals surface area contributed by atoms with E-state index >= 15 is 0 Å². The number of halogens is 2. The Kier molecular flexibility index (Phi) is 6.45. The first-order valence-electron chi connectivity index (χ1n) is 10.9.